The molecule has 0 radical (unpaired) electrons. The van der Waals surface area contributed by atoms with Gasteiger partial charge in [0.1, 0.15) is 6.04 Å². The number of ether oxygens (including phenoxy) is 1. The van der Waals surface area contributed by atoms with Gasteiger partial charge in [0.25, 0.3) is 15.9 Å². The van der Waals surface area contributed by atoms with Crippen molar-refractivity contribution >= 4 is 21.9 Å². The molecule has 1 amide bonds. The summed E-state index contributed by atoms with van der Waals surface area (Å²) < 4.78 is 29.7. The fourth-order valence-corrected chi connectivity index (χ4v) is 2.12. The van der Waals surface area contributed by atoms with Crippen molar-refractivity contribution in [3.8, 4) is 12.3 Å². The van der Waals surface area contributed by atoms with Crippen molar-refractivity contribution in [2.45, 2.75) is 17.5 Å². The second-order valence-electron chi connectivity index (χ2n) is 4.05. The molecule has 0 aliphatic carbocycles. The Balaban J connectivity index is 2.90. The quantitative estimate of drug-likeness (QED) is 0.527. The van der Waals surface area contributed by atoms with E-state index in [0.29, 0.717) is 0 Å². The summed E-state index contributed by atoms with van der Waals surface area (Å²) in [5.74, 6) is 0.966. The number of esters is 1. The normalized spacial score (nSPS) is 12.0. The van der Waals surface area contributed by atoms with Gasteiger partial charge in [0.05, 0.1) is 12.7 Å². The lowest BCUT2D eigenvalue weighted by molar-refractivity contribution is -0.142. The number of hydrogen-bond donors (Lipinski definition) is 2. The van der Waals surface area contributed by atoms with Gasteiger partial charge < -0.3 is 10.1 Å². The molecular formula is C13H15N3O5S. The lowest BCUT2D eigenvalue weighted by Gasteiger charge is -2.14. The predicted octanol–water partition coefficient (Wildman–Crippen LogP) is -0.716. The van der Waals surface area contributed by atoms with E-state index < -0.39 is 27.9 Å². The second-order valence-corrected chi connectivity index (χ2v) is 5.88. The van der Waals surface area contributed by atoms with Gasteiger partial charge in [-0.05, 0) is 19.2 Å². The van der Waals surface area contributed by atoms with Gasteiger partial charge in [-0.1, -0.05) is 0 Å². The number of pyridine rings is 1. The maximum Gasteiger partial charge on any atom is 0.329 e. The number of carbonyl (C=O) groups excluding carboxylic acids is 2. The minimum atomic E-state index is -3.68. The molecule has 2 N–H and O–H groups in total. The molecule has 22 heavy (non-hydrogen) atoms. The first-order valence-corrected chi connectivity index (χ1v) is 7.55. The first-order chi connectivity index (χ1) is 10.4. The van der Waals surface area contributed by atoms with Gasteiger partial charge in [0.15, 0.2) is 5.03 Å². The topological polar surface area (TPSA) is 114 Å². The number of aromatic nitrogens is 1. The fourth-order valence-electron chi connectivity index (χ4n) is 1.47. The summed E-state index contributed by atoms with van der Waals surface area (Å²) in [7, 11) is -1.26. The highest BCUT2D eigenvalue weighted by atomic mass is 32.2. The van der Waals surface area contributed by atoms with Crippen LogP contribution in [-0.2, 0) is 19.6 Å². The molecule has 0 saturated heterocycles. The Kier molecular flexibility index (Phi) is 6.03. The number of carbonyl (C=O) groups is 2. The molecule has 0 aromatic carbocycles. The number of methoxy groups -OCH3 is 1. The van der Waals surface area contributed by atoms with Gasteiger partial charge in [-0.2, -0.15) is 0 Å². The lowest BCUT2D eigenvalue weighted by atomic mass is 10.2. The van der Waals surface area contributed by atoms with E-state index in [1.165, 1.54) is 26.3 Å². The summed E-state index contributed by atoms with van der Waals surface area (Å²) in [5, 5.41) is 2.17. The van der Waals surface area contributed by atoms with Gasteiger partial charge in [0, 0.05) is 12.6 Å². The van der Waals surface area contributed by atoms with Crippen molar-refractivity contribution in [1.29, 1.82) is 0 Å². The van der Waals surface area contributed by atoms with E-state index in [1.54, 1.807) is 0 Å². The van der Waals surface area contributed by atoms with Crippen LogP contribution in [0.4, 0.5) is 0 Å². The summed E-state index contributed by atoms with van der Waals surface area (Å²) >= 11 is 0. The van der Waals surface area contributed by atoms with Crippen LogP contribution in [0, 0.1) is 12.3 Å². The summed E-state index contributed by atoms with van der Waals surface area (Å²) in [6, 6.07) is 1.47. The molecule has 1 unspecified atom stereocenters. The van der Waals surface area contributed by atoms with E-state index in [0.717, 1.165) is 6.20 Å². The molecule has 118 valence electrons. The highest BCUT2D eigenvalue weighted by Gasteiger charge is 2.22. The van der Waals surface area contributed by atoms with Gasteiger partial charge >= 0.3 is 5.97 Å². The van der Waals surface area contributed by atoms with Crippen molar-refractivity contribution in [2.75, 3.05) is 14.2 Å². The molecule has 1 heterocycles. The maximum atomic E-state index is 12.0. The molecular weight excluding hydrogens is 310 g/mol. The Morgan fingerprint density at radius 1 is 1.45 bits per heavy atom. The zero-order valence-corrected chi connectivity index (χ0v) is 12.8. The molecule has 0 bridgehead atoms. The van der Waals surface area contributed by atoms with E-state index >= 15 is 0 Å². The molecule has 1 aromatic rings. The highest BCUT2D eigenvalue weighted by Crippen LogP contribution is 2.07. The number of hydrogen-bond acceptors (Lipinski definition) is 6. The first-order valence-electron chi connectivity index (χ1n) is 6.07. The van der Waals surface area contributed by atoms with Crippen LogP contribution in [0.1, 0.15) is 16.8 Å². The summed E-state index contributed by atoms with van der Waals surface area (Å²) in [6.45, 7) is 0. The van der Waals surface area contributed by atoms with Crippen LogP contribution in [0.3, 0.4) is 0 Å². The highest BCUT2D eigenvalue weighted by molar-refractivity contribution is 7.89. The minimum Gasteiger partial charge on any atom is -0.467 e. The van der Waals surface area contributed by atoms with Gasteiger partial charge in [-0.25, -0.2) is 22.9 Å². The third-order valence-corrected chi connectivity index (χ3v) is 3.99. The smallest absolute Gasteiger partial charge is 0.329 e. The van der Waals surface area contributed by atoms with Crippen LogP contribution in [0.15, 0.2) is 23.4 Å². The first kappa shape index (κ1) is 17.6. The second kappa shape index (κ2) is 7.53. The fraction of sp³-hybridized carbons (Fsp3) is 0.308. The Morgan fingerprint density at radius 3 is 2.59 bits per heavy atom. The molecule has 1 atom stereocenters. The van der Waals surface area contributed by atoms with Crippen LogP contribution < -0.4 is 10.0 Å². The van der Waals surface area contributed by atoms with Crippen molar-refractivity contribution in [2.24, 2.45) is 0 Å². The van der Waals surface area contributed by atoms with Gasteiger partial charge in [-0.3, -0.25) is 4.79 Å². The Bertz CT molecular complexity index is 691. The van der Waals surface area contributed by atoms with Gasteiger partial charge in [0.2, 0.25) is 0 Å². The van der Waals surface area contributed by atoms with Crippen LogP contribution in [0.25, 0.3) is 0 Å². The van der Waals surface area contributed by atoms with E-state index in [-0.39, 0.29) is 17.0 Å². The predicted molar refractivity (Wildman–Crippen MR) is 77.2 cm³/mol. The average Bonchev–Trinajstić information content (AvgIpc) is 2.53. The summed E-state index contributed by atoms with van der Waals surface area (Å²) in [4.78, 5) is 27.1. The number of sulfonamides is 1. The molecule has 1 rings (SSSR count). The average molecular weight is 325 g/mol. The Hall–Kier alpha value is -2.44. The molecule has 1 aromatic heterocycles. The minimum absolute atomic E-state index is 0.0297. The van der Waals surface area contributed by atoms with E-state index in [2.05, 4.69) is 25.7 Å². The van der Waals surface area contributed by atoms with Crippen LogP contribution >= 0.6 is 0 Å². The molecule has 9 heteroatoms. The largest absolute Gasteiger partial charge is 0.467 e. The zero-order valence-electron chi connectivity index (χ0n) is 12.0. The standard InChI is InChI=1S/C13H15N3O5S/c1-4-5-10(13(18)21-3)16-12(17)9-6-7-11(15-8-9)22(19,20)14-2/h1,6-8,10,14H,5H2,2-3H3,(H,16,17). The Labute approximate surface area is 128 Å². The number of terminal acetylenes is 1. The number of nitrogens with zero attached hydrogens (tertiary/aromatic N) is 1. The van der Waals surface area contributed by atoms with Crippen molar-refractivity contribution in [3.63, 3.8) is 0 Å². The third kappa shape index (κ3) is 4.28. The maximum absolute atomic E-state index is 12.0. The zero-order chi connectivity index (χ0) is 16.8. The van der Waals surface area contributed by atoms with Crippen LogP contribution in [-0.4, -0.2) is 45.5 Å². The summed E-state index contributed by atoms with van der Waals surface area (Å²) in [6.07, 6.45) is 6.18. The summed E-state index contributed by atoms with van der Waals surface area (Å²) in [5.41, 5.74) is 0.0842. The van der Waals surface area contributed by atoms with Crippen LogP contribution in [0.2, 0.25) is 0 Å². The Morgan fingerprint density at radius 2 is 2.14 bits per heavy atom. The van der Waals surface area contributed by atoms with Gasteiger partial charge in [-0.15, -0.1) is 12.3 Å². The van der Waals surface area contributed by atoms with E-state index in [4.69, 9.17) is 6.42 Å². The van der Waals surface area contributed by atoms with Crippen molar-refractivity contribution in [3.05, 3.63) is 23.9 Å². The molecule has 0 fully saturated rings. The molecule has 8 nitrogen and oxygen atoms in total. The molecule has 0 spiro atoms. The van der Waals surface area contributed by atoms with E-state index in [1.807, 2.05) is 0 Å². The van der Waals surface area contributed by atoms with Crippen molar-refractivity contribution in [1.82, 2.24) is 15.0 Å². The van der Waals surface area contributed by atoms with Crippen molar-refractivity contribution < 1.29 is 22.7 Å². The number of amides is 1. The SMILES string of the molecule is C#CCC(NC(=O)c1ccc(S(=O)(=O)NC)nc1)C(=O)OC. The monoisotopic (exact) mass is 325 g/mol. The lowest BCUT2D eigenvalue weighted by Crippen LogP contribution is -2.41. The molecule has 0 aliphatic heterocycles. The van der Waals surface area contributed by atoms with E-state index in [9.17, 15) is 18.0 Å². The molecule has 0 saturated carbocycles. The van der Waals surface area contributed by atoms with Crippen LogP contribution in [0.5, 0.6) is 0 Å². The number of nitrogens with one attached hydrogen (secondary N) is 2. The molecule has 0 aliphatic rings. The third-order valence-electron chi connectivity index (χ3n) is 2.66. The number of rotatable bonds is 6.